The Balaban J connectivity index is 1.43. The van der Waals surface area contributed by atoms with Crippen molar-refractivity contribution in [2.24, 2.45) is 0 Å². The number of fused-ring (bicyclic) bond motifs is 1. The van der Waals surface area contributed by atoms with E-state index in [1.807, 2.05) is 24.3 Å². The molecule has 6 nitrogen and oxygen atoms in total. The molecule has 0 aromatic heterocycles. The number of rotatable bonds is 9. The zero-order valence-electron chi connectivity index (χ0n) is 19.9. The highest BCUT2D eigenvalue weighted by Crippen LogP contribution is 2.37. The van der Waals surface area contributed by atoms with Gasteiger partial charge in [-0.05, 0) is 79.4 Å². The van der Waals surface area contributed by atoms with Crippen LogP contribution in [0.3, 0.4) is 0 Å². The first kappa shape index (κ1) is 25.9. The van der Waals surface area contributed by atoms with E-state index >= 15 is 0 Å². The van der Waals surface area contributed by atoms with Gasteiger partial charge in [0.1, 0.15) is 30.3 Å². The van der Waals surface area contributed by atoms with Crippen LogP contribution in [0.25, 0.3) is 0 Å². The van der Waals surface area contributed by atoms with Crippen molar-refractivity contribution >= 4 is 35.1 Å². The summed E-state index contributed by atoms with van der Waals surface area (Å²) >= 11 is 12.2. The van der Waals surface area contributed by atoms with E-state index in [1.54, 1.807) is 42.5 Å². The fourth-order valence-electron chi connectivity index (χ4n) is 4.29. The lowest BCUT2D eigenvalue weighted by atomic mass is 9.86. The number of hydrogen-bond acceptors (Lipinski definition) is 4. The van der Waals surface area contributed by atoms with Crippen LogP contribution in [0.4, 0.5) is 0 Å². The van der Waals surface area contributed by atoms with Gasteiger partial charge >= 0.3 is 5.97 Å². The SMILES string of the molecule is CC1(Cc2ccccc2Cl)CCc2cc(C(=O)N(CCOc3ccc(Cl)cc3)CC(=O)O)ccc2O1. The highest BCUT2D eigenvalue weighted by atomic mass is 35.5. The molecule has 36 heavy (non-hydrogen) atoms. The van der Waals surface area contributed by atoms with Crippen LogP contribution in [0.2, 0.25) is 10.0 Å². The number of carbonyl (C=O) groups is 2. The van der Waals surface area contributed by atoms with Crippen LogP contribution < -0.4 is 9.47 Å². The number of carboxylic acids is 1. The van der Waals surface area contributed by atoms with E-state index in [9.17, 15) is 14.7 Å². The number of halogens is 2. The molecule has 188 valence electrons. The van der Waals surface area contributed by atoms with Crippen molar-refractivity contribution in [1.82, 2.24) is 4.90 Å². The van der Waals surface area contributed by atoms with Crippen LogP contribution in [0.5, 0.6) is 11.5 Å². The molecule has 3 aromatic carbocycles. The van der Waals surface area contributed by atoms with Gasteiger partial charge in [-0.1, -0.05) is 41.4 Å². The minimum Gasteiger partial charge on any atom is -0.492 e. The lowest BCUT2D eigenvalue weighted by Gasteiger charge is -2.36. The van der Waals surface area contributed by atoms with E-state index in [4.69, 9.17) is 32.7 Å². The first-order valence-corrected chi connectivity index (χ1v) is 12.4. The van der Waals surface area contributed by atoms with Gasteiger partial charge in [0.05, 0.1) is 6.54 Å². The lowest BCUT2D eigenvalue weighted by molar-refractivity contribution is -0.137. The Morgan fingerprint density at radius 2 is 1.83 bits per heavy atom. The topological polar surface area (TPSA) is 76.1 Å². The summed E-state index contributed by atoms with van der Waals surface area (Å²) in [4.78, 5) is 25.9. The molecule has 3 aromatic rings. The molecule has 1 N–H and O–H groups in total. The summed E-state index contributed by atoms with van der Waals surface area (Å²) in [5, 5.41) is 10.6. The maximum absolute atomic E-state index is 13.2. The van der Waals surface area contributed by atoms with Crippen molar-refractivity contribution in [1.29, 1.82) is 0 Å². The molecule has 0 aliphatic carbocycles. The maximum Gasteiger partial charge on any atom is 0.323 e. The van der Waals surface area contributed by atoms with E-state index in [0.29, 0.717) is 27.8 Å². The second kappa shape index (κ2) is 11.2. The van der Waals surface area contributed by atoms with E-state index in [-0.39, 0.29) is 19.1 Å². The van der Waals surface area contributed by atoms with E-state index < -0.39 is 18.1 Å². The molecule has 0 bridgehead atoms. The Kier molecular flexibility index (Phi) is 8.07. The molecule has 1 aliphatic rings. The molecule has 1 amide bonds. The molecule has 1 heterocycles. The van der Waals surface area contributed by atoms with Crippen LogP contribution in [0, 0.1) is 0 Å². The molecule has 0 fully saturated rings. The van der Waals surface area contributed by atoms with Gasteiger partial charge in [0.2, 0.25) is 0 Å². The number of ether oxygens (including phenoxy) is 2. The average Bonchev–Trinajstić information content (AvgIpc) is 2.85. The standard InChI is InChI=1S/C28H27Cl2NO5/c1-28(17-21-4-2-3-5-24(21)30)13-12-19-16-20(6-11-25(19)36-28)27(34)31(18-26(32)33)14-15-35-23-9-7-22(29)8-10-23/h2-11,16H,12-15,17-18H2,1H3,(H,32,33). The van der Waals surface area contributed by atoms with Gasteiger partial charge in [0.15, 0.2) is 0 Å². The summed E-state index contributed by atoms with van der Waals surface area (Å²) in [6.07, 6.45) is 2.17. The highest BCUT2D eigenvalue weighted by Gasteiger charge is 2.33. The predicted molar refractivity (Wildman–Crippen MR) is 139 cm³/mol. The Morgan fingerprint density at radius 1 is 1.08 bits per heavy atom. The third kappa shape index (κ3) is 6.50. The molecule has 1 atom stereocenters. The summed E-state index contributed by atoms with van der Waals surface area (Å²) in [6.45, 7) is 1.91. The number of benzene rings is 3. The molecule has 1 aliphatic heterocycles. The number of aliphatic carboxylic acids is 1. The number of amides is 1. The minimum absolute atomic E-state index is 0.122. The van der Waals surface area contributed by atoms with Crippen LogP contribution >= 0.6 is 23.2 Å². The number of carboxylic acid groups (broad SMARTS) is 1. The predicted octanol–water partition coefficient (Wildman–Crippen LogP) is 5.93. The zero-order chi connectivity index (χ0) is 25.7. The van der Waals surface area contributed by atoms with E-state index in [0.717, 1.165) is 29.7 Å². The monoisotopic (exact) mass is 527 g/mol. The molecule has 0 radical (unpaired) electrons. The molecule has 0 saturated heterocycles. The van der Waals surface area contributed by atoms with Crippen molar-refractivity contribution in [2.45, 2.75) is 31.8 Å². The zero-order valence-corrected chi connectivity index (χ0v) is 21.4. The number of carbonyl (C=O) groups excluding carboxylic acids is 1. The van der Waals surface area contributed by atoms with E-state index in [2.05, 4.69) is 6.92 Å². The summed E-state index contributed by atoms with van der Waals surface area (Å²) in [7, 11) is 0. The van der Waals surface area contributed by atoms with Crippen LogP contribution in [0.15, 0.2) is 66.7 Å². The van der Waals surface area contributed by atoms with Crippen molar-refractivity contribution in [3.8, 4) is 11.5 Å². The Morgan fingerprint density at radius 3 is 2.56 bits per heavy atom. The van der Waals surface area contributed by atoms with Gasteiger partial charge < -0.3 is 19.5 Å². The van der Waals surface area contributed by atoms with Gasteiger partial charge in [-0.15, -0.1) is 0 Å². The summed E-state index contributed by atoms with van der Waals surface area (Å²) in [6, 6.07) is 19.8. The highest BCUT2D eigenvalue weighted by molar-refractivity contribution is 6.31. The summed E-state index contributed by atoms with van der Waals surface area (Å²) in [5.41, 5.74) is 1.95. The molecular weight excluding hydrogens is 501 g/mol. The molecule has 4 rings (SSSR count). The van der Waals surface area contributed by atoms with Crippen molar-refractivity contribution in [2.75, 3.05) is 19.7 Å². The third-order valence-corrected chi connectivity index (χ3v) is 6.79. The first-order valence-electron chi connectivity index (χ1n) is 11.7. The van der Waals surface area contributed by atoms with Gasteiger partial charge in [0.25, 0.3) is 5.91 Å². The number of aryl methyl sites for hydroxylation is 1. The number of nitrogens with zero attached hydrogens (tertiary/aromatic N) is 1. The molecular formula is C28H27Cl2NO5. The molecule has 0 spiro atoms. The summed E-state index contributed by atoms with van der Waals surface area (Å²) in [5.74, 6) is -0.146. The normalized spacial score (nSPS) is 16.5. The Hall–Kier alpha value is -3.22. The van der Waals surface area contributed by atoms with Gasteiger partial charge in [-0.3, -0.25) is 9.59 Å². The maximum atomic E-state index is 13.2. The second-order valence-corrected chi connectivity index (χ2v) is 9.91. The van der Waals surface area contributed by atoms with Gasteiger partial charge in [0, 0.05) is 22.0 Å². The Bertz CT molecular complexity index is 1250. The second-order valence-electron chi connectivity index (χ2n) is 9.07. The molecule has 8 heteroatoms. The quantitative estimate of drug-likeness (QED) is 0.373. The minimum atomic E-state index is -1.09. The fourth-order valence-corrected chi connectivity index (χ4v) is 4.62. The average molecular weight is 528 g/mol. The Labute approximate surface area is 220 Å². The van der Waals surface area contributed by atoms with Gasteiger partial charge in [-0.25, -0.2) is 0 Å². The third-order valence-electron chi connectivity index (χ3n) is 6.17. The molecule has 0 saturated carbocycles. The largest absolute Gasteiger partial charge is 0.492 e. The van der Waals surface area contributed by atoms with Crippen LogP contribution in [-0.2, 0) is 17.6 Å². The first-order chi connectivity index (χ1) is 17.2. The van der Waals surface area contributed by atoms with Crippen molar-refractivity contribution in [3.63, 3.8) is 0 Å². The van der Waals surface area contributed by atoms with Gasteiger partial charge in [-0.2, -0.15) is 0 Å². The van der Waals surface area contributed by atoms with Crippen LogP contribution in [0.1, 0.15) is 34.8 Å². The van der Waals surface area contributed by atoms with E-state index in [1.165, 1.54) is 4.90 Å². The van der Waals surface area contributed by atoms with Crippen LogP contribution in [-0.4, -0.2) is 47.2 Å². The van der Waals surface area contributed by atoms with Crippen molar-refractivity contribution in [3.05, 3.63) is 93.5 Å². The lowest BCUT2D eigenvalue weighted by Crippen LogP contribution is -2.39. The fraction of sp³-hybridized carbons (Fsp3) is 0.286. The summed E-state index contributed by atoms with van der Waals surface area (Å²) < 4.78 is 12.0. The molecule has 1 unspecified atom stereocenters. The smallest absolute Gasteiger partial charge is 0.323 e. The number of hydrogen-bond donors (Lipinski definition) is 1. The van der Waals surface area contributed by atoms with Crippen molar-refractivity contribution < 1.29 is 24.2 Å².